The minimum absolute atomic E-state index is 0.0840. The summed E-state index contributed by atoms with van der Waals surface area (Å²) in [6.45, 7) is 8.24. The summed E-state index contributed by atoms with van der Waals surface area (Å²) in [6.07, 6.45) is 1.80. The first-order chi connectivity index (χ1) is 8.93. The summed E-state index contributed by atoms with van der Waals surface area (Å²) in [6, 6.07) is 5.47. The molecule has 0 heterocycles. The van der Waals surface area contributed by atoms with Gasteiger partial charge in [-0.15, -0.1) is 0 Å². The van der Waals surface area contributed by atoms with Crippen molar-refractivity contribution < 1.29 is 4.79 Å². The first-order valence-corrected chi connectivity index (χ1v) is 7.46. The third-order valence-electron chi connectivity index (χ3n) is 3.54. The summed E-state index contributed by atoms with van der Waals surface area (Å²) in [5.74, 6) is -0.0840. The van der Waals surface area contributed by atoms with Gasteiger partial charge in [-0.05, 0) is 38.8 Å². The highest BCUT2D eigenvalue weighted by Crippen LogP contribution is 2.28. The molecule has 0 aromatic heterocycles. The second kappa shape index (κ2) is 7.16. The lowest BCUT2D eigenvalue weighted by molar-refractivity contribution is 0.0599. The van der Waals surface area contributed by atoms with Crippen LogP contribution in [0.15, 0.2) is 18.2 Å². The van der Waals surface area contributed by atoms with Crippen molar-refractivity contribution in [2.45, 2.75) is 52.6 Å². The lowest BCUT2D eigenvalue weighted by Crippen LogP contribution is -2.44. The highest BCUT2D eigenvalue weighted by atomic mass is 35.5. The molecule has 0 saturated carbocycles. The van der Waals surface area contributed by atoms with Crippen molar-refractivity contribution in [2.24, 2.45) is 0 Å². The Morgan fingerprint density at radius 2 is 1.53 bits per heavy atom. The van der Waals surface area contributed by atoms with Crippen LogP contribution in [-0.4, -0.2) is 22.9 Å². The van der Waals surface area contributed by atoms with Gasteiger partial charge in [0.1, 0.15) is 0 Å². The molecule has 0 fully saturated rings. The van der Waals surface area contributed by atoms with E-state index in [0.717, 1.165) is 12.8 Å². The molecule has 19 heavy (non-hydrogen) atoms. The molecule has 0 N–H and O–H groups in total. The third-order valence-corrected chi connectivity index (χ3v) is 4.17. The molecule has 0 aliphatic rings. The summed E-state index contributed by atoms with van der Waals surface area (Å²) >= 11 is 12.3. The first-order valence-electron chi connectivity index (χ1n) is 6.70. The largest absolute Gasteiger partial charge is 0.333 e. The Bertz CT molecular complexity index is 418. The maximum atomic E-state index is 12.7. The summed E-state index contributed by atoms with van der Waals surface area (Å²) in [4.78, 5) is 14.6. The van der Waals surface area contributed by atoms with Crippen LogP contribution in [0.2, 0.25) is 10.0 Å². The van der Waals surface area contributed by atoms with E-state index in [2.05, 4.69) is 27.7 Å². The smallest absolute Gasteiger partial charge is 0.257 e. The Hall–Kier alpha value is -0.730. The number of carbonyl (C=O) groups excluding carboxylic acids is 1. The standard InChI is InChI=1S/C15H21Cl2NO/c1-5-10(3)18(11(4)6-2)15(19)14-12(16)8-7-9-13(14)17/h7-11H,5-6H2,1-4H3/t10-,11-/m1/s1. The van der Waals surface area contributed by atoms with Crippen molar-refractivity contribution in [1.82, 2.24) is 4.90 Å². The quantitative estimate of drug-likeness (QED) is 0.746. The minimum atomic E-state index is -0.0840. The van der Waals surface area contributed by atoms with Crippen molar-refractivity contribution in [2.75, 3.05) is 0 Å². The Kier molecular flexibility index (Phi) is 6.15. The van der Waals surface area contributed by atoms with Gasteiger partial charge in [0.05, 0.1) is 15.6 Å². The summed E-state index contributed by atoms with van der Waals surface area (Å²) in [7, 11) is 0. The average Bonchev–Trinajstić information content (AvgIpc) is 2.38. The molecule has 0 saturated heterocycles. The van der Waals surface area contributed by atoms with Crippen LogP contribution >= 0.6 is 23.2 Å². The van der Waals surface area contributed by atoms with E-state index in [0.29, 0.717) is 15.6 Å². The van der Waals surface area contributed by atoms with Crippen molar-refractivity contribution in [3.8, 4) is 0 Å². The maximum Gasteiger partial charge on any atom is 0.257 e. The van der Waals surface area contributed by atoms with Crippen LogP contribution in [0, 0.1) is 0 Å². The van der Waals surface area contributed by atoms with E-state index < -0.39 is 0 Å². The molecular formula is C15H21Cl2NO. The monoisotopic (exact) mass is 301 g/mol. The number of nitrogens with zero attached hydrogens (tertiary/aromatic N) is 1. The zero-order valence-corrected chi connectivity index (χ0v) is 13.4. The van der Waals surface area contributed by atoms with Gasteiger partial charge >= 0.3 is 0 Å². The number of benzene rings is 1. The van der Waals surface area contributed by atoms with Gasteiger partial charge in [-0.3, -0.25) is 4.79 Å². The van der Waals surface area contributed by atoms with E-state index in [1.807, 2.05) is 4.90 Å². The van der Waals surface area contributed by atoms with E-state index in [1.54, 1.807) is 18.2 Å². The van der Waals surface area contributed by atoms with Crippen molar-refractivity contribution in [3.05, 3.63) is 33.8 Å². The molecule has 1 aromatic carbocycles. The fourth-order valence-electron chi connectivity index (χ4n) is 2.06. The Morgan fingerprint density at radius 3 is 1.89 bits per heavy atom. The molecule has 1 amide bonds. The molecule has 0 aliphatic heterocycles. The van der Waals surface area contributed by atoms with Gasteiger partial charge in [0.2, 0.25) is 0 Å². The number of hydrogen-bond acceptors (Lipinski definition) is 1. The van der Waals surface area contributed by atoms with Gasteiger partial charge in [0.25, 0.3) is 5.91 Å². The van der Waals surface area contributed by atoms with Crippen molar-refractivity contribution in [1.29, 1.82) is 0 Å². The van der Waals surface area contributed by atoms with Gasteiger partial charge in [0, 0.05) is 12.1 Å². The summed E-state index contributed by atoms with van der Waals surface area (Å²) in [5.41, 5.74) is 0.409. The highest BCUT2D eigenvalue weighted by molar-refractivity contribution is 6.39. The van der Waals surface area contributed by atoms with Gasteiger partial charge in [-0.25, -0.2) is 0 Å². The molecule has 1 rings (SSSR count). The van der Waals surface area contributed by atoms with E-state index in [9.17, 15) is 4.79 Å². The van der Waals surface area contributed by atoms with Gasteiger partial charge < -0.3 is 4.90 Å². The first kappa shape index (κ1) is 16.3. The van der Waals surface area contributed by atoms with Crippen LogP contribution in [0.1, 0.15) is 50.9 Å². The Balaban J connectivity index is 3.20. The fourth-order valence-corrected chi connectivity index (χ4v) is 2.62. The normalized spacial score (nSPS) is 14.0. The topological polar surface area (TPSA) is 20.3 Å². The Morgan fingerprint density at radius 1 is 1.11 bits per heavy atom. The zero-order chi connectivity index (χ0) is 14.6. The molecular weight excluding hydrogens is 281 g/mol. The van der Waals surface area contributed by atoms with Crippen LogP contribution in [0.5, 0.6) is 0 Å². The molecule has 0 bridgehead atoms. The van der Waals surface area contributed by atoms with Gasteiger partial charge in [-0.1, -0.05) is 43.1 Å². The SMILES string of the molecule is CC[C@@H](C)N(C(=O)c1c(Cl)cccc1Cl)[C@H](C)CC. The fraction of sp³-hybridized carbons (Fsp3) is 0.533. The van der Waals surface area contributed by atoms with E-state index >= 15 is 0 Å². The van der Waals surface area contributed by atoms with E-state index in [-0.39, 0.29) is 18.0 Å². The molecule has 0 aliphatic carbocycles. The van der Waals surface area contributed by atoms with Crippen molar-refractivity contribution >= 4 is 29.1 Å². The Labute approximate surface area is 125 Å². The molecule has 1 aromatic rings. The number of halogens is 2. The second-order valence-electron chi connectivity index (χ2n) is 4.82. The van der Waals surface area contributed by atoms with Crippen molar-refractivity contribution in [3.63, 3.8) is 0 Å². The van der Waals surface area contributed by atoms with Crippen LogP contribution in [0.4, 0.5) is 0 Å². The number of amides is 1. The molecule has 2 nitrogen and oxygen atoms in total. The third kappa shape index (κ3) is 3.64. The number of rotatable bonds is 5. The van der Waals surface area contributed by atoms with Crippen LogP contribution in [0.3, 0.4) is 0 Å². The minimum Gasteiger partial charge on any atom is -0.333 e. The lowest BCUT2D eigenvalue weighted by atomic mass is 10.1. The predicted octanol–water partition coefficient (Wildman–Crippen LogP) is 5.03. The molecule has 4 heteroatoms. The zero-order valence-electron chi connectivity index (χ0n) is 11.9. The molecule has 0 spiro atoms. The predicted molar refractivity (Wildman–Crippen MR) is 82.1 cm³/mol. The second-order valence-corrected chi connectivity index (χ2v) is 5.64. The molecule has 0 unspecified atom stereocenters. The lowest BCUT2D eigenvalue weighted by Gasteiger charge is -2.34. The number of hydrogen-bond donors (Lipinski definition) is 0. The molecule has 0 radical (unpaired) electrons. The van der Waals surface area contributed by atoms with Crippen LogP contribution < -0.4 is 0 Å². The van der Waals surface area contributed by atoms with E-state index in [1.165, 1.54) is 0 Å². The van der Waals surface area contributed by atoms with Crippen LogP contribution in [0.25, 0.3) is 0 Å². The highest BCUT2D eigenvalue weighted by Gasteiger charge is 2.27. The van der Waals surface area contributed by atoms with Gasteiger partial charge in [0.15, 0.2) is 0 Å². The van der Waals surface area contributed by atoms with E-state index in [4.69, 9.17) is 23.2 Å². The molecule has 2 atom stereocenters. The summed E-state index contributed by atoms with van der Waals surface area (Å²) < 4.78 is 0. The number of carbonyl (C=O) groups is 1. The summed E-state index contributed by atoms with van der Waals surface area (Å²) in [5, 5.41) is 0.822. The van der Waals surface area contributed by atoms with Gasteiger partial charge in [-0.2, -0.15) is 0 Å². The maximum absolute atomic E-state index is 12.7. The average molecular weight is 302 g/mol. The molecule has 106 valence electrons. The van der Waals surface area contributed by atoms with Crippen LogP contribution in [-0.2, 0) is 0 Å².